The smallest absolute Gasteiger partial charge is 0.179 e. The molecule has 0 aliphatic carbocycles. The van der Waals surface area contributed by atoms with Crippen molar-refractivity contribution >= 4 is 17.3 Å². The van der Waals surface area contributed by atoms with Gasteiger partial charge in [0.1, 0.15) is 0 Å². The van der Waals surface area contributed by atoms with Crippen LogP contribution in [-0.2, 0) is 0 Å². The Hall–Kier alpha value is -1.85. The number of hydrogen-bond acceptors (Lipinski definition) is 5. The second-order valence-corrected chi connectivity index (χ2v) is 4.99. The average molecular weight is 277 g/mol. The number of hydroxylamine groups is 2. The molecule has 1 aromatic carbocycles. The van der Waals surface area contributed by atoms with E-state index in [2.05, 4.69) is 0 Å². The molecule has 0 aliphatic heterocycles. The van der Waals surface area contributed by atoms with E-state index in [9.17, 15) is 19.6 Å². The monoisotopic (exact) mass is 277 g/mol. The third kappa shape index (κ3) is 3.82. The first kappa shape index (κ1) is 16.2. The minimum atomic E-state index is -0.307. The lowest BCUT2D eigenvalue weighted by Gasteiger charge is -2.18. The molecule has 0 aliphatic rings. The summed E-state index contributed by atoms with van der Waals surface area (Å²) in [5.41, 5.74) is 0.844. The van der Waals surface area contributed by atoms with E-state index in [1.165, 1.54) is 32.0 Å². The fraction of sp³-hybridized carbons (Fsp3) is 0.400. The molecule has 0 bridgehead atoms. The van der Waals surface area contributed by atoms with Crippen molar-refractivity contribution in [1.29, 1.82) is 0 Å². The lowest BCUT2D eigenvalue weighted by Crippen LogP contribution is -2.32. The Morgan fingerprint density at radius 3 is 2.10 bits per heavy atom. The Kier molecular flexibility index (Phi) is 5.30. The van der Waals surface area contributed by atoms with Gasteiger partial charge in [-0.15, -0.1) is 0 Å². The van der Waals surface area contributed by atoms with Crippen molar-refractivity contribution in [2.24, 2.45) is 0 Å². The Morgan fingerprint density at radius 1 is 1.10 bits per heavy atom. The number of hydrogen-bond donors (Lipinski definition) is 1. The van der Waals surface area contributed by atoms with E-state index in [1.807, 2.05) is 0 Å². The second kappa shape index (κ2) is 6.54. The van der Waals surface area contributed by atoms with Crippen LogP contribution in [-0.4, -0.2) is 40.2 Å². The molecular formula is C15H19NO4. The van der Waals surface area contributed by atoms with Crippen LogP contribution >= 0.6 is 0 Å². The Bertz CT molecular complexity index is 549. The van der Waals surface area contributed by atoms with Crippen molar-refractivity contribution in [2.45, 2.75) is 33.7 Å². The largest absolute Gasteiger partial charge is 0.313 e. The first-order valence-electron chi connectivity index (χ1n) is 6.38. The lowest BCUT2D eigenvalue weighted by molar-refractivity contribution is -0.107. The van der Waals surface area contributed by atoms with Gasteiger partial charge >= 0.3 is 0 Å². The fourth-order valence-electron chi connectivity index (χ4n) is 1.74. The molecule has 0 heterocycles. The van der Waals surface area contributed by atoms with E-state index >= 15 is 0 Å². The zero-order valence-electron chi connectivity index (χ0n) is 12.1. The van der Waals surface area contributed by atoms with E-state index in [4.69, 9.17) is 0 Å². The normalized spacial score (nSPS) is 10.9. The molecule has 0 aromatic heterocycles. The van der Waals surface area contributed by atoms with E-state index < -0.39 is 0 Å². The molecule has 0 saturated heterocycles. The maximum Gasteiger partial charge on any atom is 0.179 e. The summed E-state index contributed by atoms with van der Waals surface area (Å²) < 4.78 is 0. The number of benzene rings is 1. The molecule has 1 aromatic rings. The third-order valence-corrected chi connectivity index (χ3v) is 3.00. The summed E-state index contributed by atoms with van der Waals surface area (Å²) in [6.45, 7) is 6.08. The summed E-state index contributed by atoms with van der Waals surface area (Å²) in [6.07, 6.45) is 0. The van der Waals surface area contributed by atoms with Gasteiger partial charge in [-0.1, -0.05) is 6.07 Å². The fourth-order valence-corrected chi connectivity index (χ4v) is 1.74. The molecular weight excluding hydrogens is 258 g/mol. The maximum atomic E-state index is 12.0. The predicted octanol–water partition coefficient (Wildman–Crippen LogP) is 2.37. The van der Waals surface area contributed by atoms with Crippen LogP contribution in [0.5, 0.6) is 0 Å². The molecule has 0 fully saturated rings. The quantitative estimate of drug-likeness (QED) is 0.638. The summed E-state index contributed by atoms with van der Waals surface area (Å²) in [5.74, 6) is -0.798. The van der Waals surface area contributed by atoms with E-state index in [-0.39, 0.29) is 35.5 Å². The van der Waals surface area contributed by atoms with Crippen LogP contribution in [0.25, 0.3) is 0 Å². The van der Waals surface area contributed by atoms with Crippen LogP contribution in [0.1, 0.15) is 58.8 Å². The van der Waals surface area contributed by atoms with Gasteiger partial charge in [0.05, 0.1) is 6.54 Å². The van der Waals surface area contributed by atoms with Crippen molar-refractivity contribution in [3.63, 3.8) is 0 Å². The topological polar surface area (TPSA) is 74.7 Å². The highest BCUT2D eigenvalue weighted by molar-refractivity contribution is 6.09. The van der Waals surface area contributed by atoms with Crippen LogP contribution in [0.2, 0.25) is 0 Å². The molecule has 108 valence electrons. The lowest BCUT2D eigenvalue weighted by atomic mass is 9.97. The van der Waals surface area contributed by atoms with E-state index in [1.54, 1.807) is 13.8 Å². The van der Waals surface area contributed by atoms with Crippen LogP contribution in [0, 0.1) is 0 Å². The molecule has 5 heteroatoms. The van der Waals surface area contributed by atoms with Gasteiger partial charge in [0.2, 0.25) is 0 Å². The SMILES string of the molecule is CC(=O)c1ccc(C(=O)CN(O)C(C)C)cc1C(C)=O. The number of nitrogens with zero attached hydrogens (tertiary/aromatic N) is 1. The van der Waals surface area contributed by atoms with Crippen LogP contribution in [0.4, 0.5) is 0 Å². The van der Waals surface area contributed by atoms with Crippen LogP contribution in [0.15, 0.2) is 18.2 Å². The summed E-state index contributed by atoms with van der Waals surface area (Å²) in [7, 11) is 0. The number of carbonyl (C=O) groups is 3. The van der Waals surface area contributed by atoms with Gasteiger partial charge in [-0.05, 0) is 39.8 Å². The van der Waals surface area contributed by atoms with Crippen molar-refractivity contribution in [3.05, 3.63) is 34.9 Å². The minimum absolute atomic E-state index is 0.158. The van der Waals surface area contributed by atoms with Gasteiger partial charge in [-0.25, -0.2) is 0 Å². The van der Waals surface area contributed by atoms with Gasteiger partial charge in [0.25, 0.3) is 0 Å². The number of rotatable bonds is 6. The Morgan fingerprint density at radius 2 is 1.65 bits per heavy atom. The van der Waals surface area contributed by atoms with Gasteiger partial charge in [-0.3, -0.25) is 14.4 Å². The van der Waals surface area contributed by atoms with Crippen molar-refractivity contribution in [2.75, 3.05) is 6.54 Å². The molecule has 1 rings (SSSR count). The molecule has 0 spiro atoms. The van der Waals surface area contributed by atoms with Crippen molar-refractivity contribution in [1.82, 2.24) is 5.06 Å². The molecule has 20 heavy (non-hydrogen) atoms. The molecule has 0 saturated carbocycles. The van der Waals surface area contributed by atoms with Gasteiger partial charge in [-0.2, -0.15) is 5.06 Å². The summed E-state index contributed by atoms with van der Waals surface area (Å²) in [5, 5.41) is 10.5. The standard InChI is InChI=1S/C15H19NO4/c1-9(2)16(20)8-15(19)12-5-6-13(10(3)17)14(7-12)11(4)18/h5-7,9,20H,8H2,1-4H3. The highest BCUT2D eigenvalue weighted by atomic mass is 16.5. The van der Waals surface area contributed by atoms with Gasteiger partial charge in [0, 0.05) is 22.7 Å². The van der Waals surface area contributed by atoms with Crippen molar-refractivity contribution in [3.8, 4) is 0 Å². The highest BCUT2D eigenvalue weighted by Gasteiger charge is 2.17. The molecule has 0 radical (unpaired) electrons. The Labute approximate surface area is 118 Å². The molecule has 0 unspecified atom stereocenters. The minimum Gasteiger partial charge on any atom is -0.313 e. The Balaban J connectivity index is 3.09. The van der Waals surface area contributed by atoms with E-state index in [0.29, 0.717) is 11.1 Å². The molecule has 1 N–H and O–H groups in total. The average Bonchev–Trinajstić information content (AvgIpc) is 2.37. The van der Waals surface area contributed by atoms with Gasteiger partial charge in [0.15, 0.2) is 17.3 Å². The molecule has 0 atom stereocenters. The summed E-state index contributed by atoms with van der Waals surface area (Å²) >= 11 is 0. The predicted molar refractivity (Wildman–Crippen MR) is 74.4 cm³/mol. The summed E-state index contributed by atoms with van der Waals surface area (Å²) in [4.78, 5) is 35.0. The highest BCUT2D eigenvalue weighted by Crippen LogP contribution is 2.15. The zero-order chi connectivity index (χ0) is 15.4. The van der Waals surface area contributed by atoms with Crippen LogP contribution < -0.4 is 0 Å². The van der Waals surface area contributed by atoms with Crippen LogP contribution in [0.3, 0.4) is 0 Å². The number of Topliss-reactive ketones (excluding diaryl/α,β-unsaturated/α-hetero) is 3. The maximum absolute atomic E-state index is 12.0. The third-order valence-electron chi connectivity index (χ3n) is 3.00. The summed E-state index contributed by atoms with van der Waals surface area (Å²) in [6, 6.07) is 4.21. The zero-order valence-corrected chi connectivity index (χ0v) is 12.1. The van der Waals surface area contributed by atoms with Gasteiger partial charge < -0.3 is 5.21 Å². The second-order valence-electron chi connectivity index (χ2n) is 4.99. The molecule has 5 nitrogen and oxygen atoms in total. The molecule has 0 amide bonds. The number of ketones is 3. The van der Waals surface area contributed by atoms with E-state index in [0.717, 1.165) is 5.06 Å². The van der Waals surface area contributed by atoms with Crippen molar-refractivity contribution < 1.29 is 19.6 Å². The first-order valence-corrected chi connectivity index (χ1v) is 6.38. The first-order chi connectivity index (χ1) is 9.23. The number of carbonyl (C=O) groups excluding carboxylic acids is 3.